The predicted molar refractivity (Wildman–Crippen MR) is 116 cm³/mol. The van der Waals surface area contributed by atoms with Crippen LogP contribution in [0.2, 0.25) is 0 Å². The molecule has 0 saturated heterocycles. The number of hydrogen-bond acceptors (Lipinski definition) is 6. The van der Waals surface area contributed by atoms with E-state index in [0.29, 0.717) is 18.3 Å². The van der Waals surface area contributed by atoms with E-state index >= 15 is 0 Å². The molecule has 1 N–H and O–H groups in total. The highest BCUT2D eigenvalue weighted by atomic mass is 16.2. The van der Waals surface area contributed by atoms with Crippen LogP contribution in [0.3, 0.4) is 0 Å². The number of carbonyl (C=O) groups is 1. The molecule has 0 fully saturated rings. The van der Waals surface area contributed by atoms with Gasteiger partial charge in [-0.25, -0.2) is 0 Å². The Bertz CT molecular complexity index is 930. The summed E-state index contributed by atoms with van der Waals surface area (Å²) in [6.45, 7) is 10.5. The largest absolute Gasteiger partial charge is 0.372 e. The average molecular weight is 393 g/mol. The fourth-order valence-corrected chi connectivity index (χ4v) is 3.04. The third-order valence-electron chi connectivity index (χ3n) is 4.75. The van der Waals surface area contributed by atoms with Crippen LogP contribution in [0.25, 0.3) is 11.4 Å². The molecule has 152 valence electrons. The fourth-order valence-electron chi connectivity index (χ4n) is 3.04. The van der Waals surface area contributed by atoms with Crippen LogP contribution >= 0.6 is 0 Å². The molecule has 0 unspecified atom stereocenters. The summed E-state index contributed by atoms with van der Waals surface area (Å²) in [6.07, 6.45) is 3.38. The van der Waals surface area contributed by atoms with Crippen LogP contribution in [0.4, 0.5) is 11.6 Å². The van der Waals surface area contributed by atoms with E-state index in [4.69, 9.17) is 0 Å². The van der Waals surface area contributed by atoms with Gasteiger partial charge >= 0.3 is 0 Å². The van der Waals surface area contributed by atoms with Gasteiger partial charge in [0.25, 0.3) is 5.91 Å². The highest BCUT2D eigenvalue weighted by Gasteiger charge is 2.19. The first kappa shape index (κ1) is 20.5. The van der Waals surface area contributed by atoms with E-state index in [1.54, 1.807) is 12.4 Å². The molecular formula is C22H28N6O. The third kappa shape index (κ3) is 4.80. The van der Waals surface area contributed by atoms with Gasteiger partial charge in [0.15, 0.2) is 5.82 Å². The monoisotopic (exact) mass is 392 g/mol. The zero-order valence-corrected chi connectivity index (χ0v) is 17.5. The Balaban J connectivity index is 1.80. The van der Waals surface area contributed by atoms with Crippen molar-refractivity contribution in [3.63, 3.8) is 0 Å². The summed E-state index contributed by atoms with van der Waals surface area (Å²) in [5.41, 5.74) is 3.08. The minimum absolute atomic E-state index is 0.105. The highest BCUT2D eigenvalue weighted by molar-refractivity contribution is 5.83. The van der Waals surface area contributed by atoms with Gasteiger partial charge in [0.05, 0.1) is 0 Å². The van der Waals surface area contributed by atoms with Crippen molar-refractivity contribution in [2.24, 2.45) is 5.92 Å². The minimum Gasteiger partial charge on any atom is -0.372 e. The van der Waals surface area contributed by atoms with Gasteiger partial charge in [0, 0.05) is 49.2 Å². The van der Waals surface area contributed by atoms with Gasteiger partial charge in [-0.3, -0.25) is 9.78 Å². The Kier molecular flexibility index (Phi) is 6.59. The molecule has 0 spiro atoms. The molecule has 0 aliphatic heterocycles. The molecule has 7 heteroatoms. The zero-order valence-electron chi connectivity index (χ0n) is 17.5. The molecule has 3 rings (SSSR count). The number of carbonyl (C=O) groups excluding carboxylic acids is 1. The number of nitrogens with one attached hydrogen (secondary N) is 1. The second-order valence-electron chi connectivity index (χ2n) is 7.10. The molecule has 2 aromatic heterocycles. The molecule has 0 saturated carbocycles. The lowest BCUT2D eigenvalue weighted by Gasteiger charge is -2.21. The molecule has 0 radical (unpaired) electrons. The lowest BCUT2D eigenvalue weighted by atomic mass is 10.2. The van der Waals surface area contributed by atoms with E-state index in [2.05, 4.69) is 63.4 Å². The van der Waals surface area contributed by atoms with E-state index in [0.717, 1.165) is 24.2 Å². The van der Waals surface area contributed by atoms with Crippen LogP contribution in [0.1, 0.15) is 38.1 Å². The van der Waals surface area contributed by atoms with Crippen molar-refractivity contribution in [2.45, 2.75) is 34.2 Å². The number of rotatable bonds is 8. The quantitative estimate of drug-likeness (QED) is 0.622. The number of hydrogen-bond donors (Lipinski definition) is 1. The lowest BCUT2D eigenvalue weighted by molar-refractivity contribution is 0.0841. The van der Waals surface area contributed by atoms with Crippen molar-refractivity contribution in [1.29, 1.82) is 0 Å². The van der Waals surface area contributed by atoms with Gasteiger partial charge in [-0.1, -0.05) is 26.0 Å². The number of benzene rings is 1. The van der Waals surface area contributed by atoms with Crippen LogP contribution in [0.15, 0.2) is 48.8 Å². The maximum absolute atomic E-state index is 12.6. The summed E-state index contributed by atoms with van der Waals surface area (Å²) in [4.78, 5) is 23.6. The van der Waals surface area contributed by atoms with E-state index in [1.165, 1.54) is 10.4 Å². The second kappa shape index (κ2) is 9.32. The summed E-state index contributed by atoms with van der Waals surface area (Å²) in [6, 6.07) is 12.1. The fraction of sp³-hybridized carbons (Fsp3) is 0.364. The summed E-state index contributed by atoms with van der Waals surface area (Å²) in [5, 5.41) is 7.69. The molecule has 1 aromatic carbocycles. The first-order valence-corrected chi connectivity index (χ1v) is 10.0. The summed E-state index contributed by atoms with van der Waals surface area (Å²) < 4.78 is 1.36. The molecule has 3 aromatic rings. The van der Waals surface area contributed by atoms with Crippen molar-refractivity contribution < 1.29 is 4.79 Å². The summed E-state index contributed by atoms with van der Waals surface area (Å²) in [7, 11) is 0. The average Bonchev–Trinajstić information content (AvgIpc) is 3.18. The zero-order chi connectivity index (χ0) is 20.8. The van der Waals surface area contributed by atoms with Gasteiger partial charge in [-0.05, 0) is 43.7 Å². The Hall–Kier alpha value is -3.22. The van der Waals surface area contributed by atoms with Gasteiger partial charge in [0.1, 0.15) is 0 Å². The van der Waals surface area contributed by atoms with Crippen molar-refractivity contribution in [1.82, 2.24) is 19.7 Å². The Morgan fingerprint density at radius 2 is 1.86 bits per heavy atom. The first-order valence-electron chi connectivity index (χ1n) is 10.0. The van der Waals surface area contributed by atoms with Gasteiger partial charge in [-0.15, -0.1) is 5.10 Å². The molecule has 0 aliphatic carbocycles. The molecule has 2 heterocycles. The number of nitrogens with zero attached hydrogens (tertiary/aromatic N) is 5. The number of anilines is 2. The maximum Gasteiger partial charge on any atom is 0.252 e. The lowest BCUT2D eigenvalue weighted by Crippen LogP contribution is -2.22. The third-order valence-corrected chi connectivity index (χ3v) is 4.75. The van der Waals surface area contributed by atoms with Crippen molar-refractivity contribution in [3.05, 3.63) is 54.4 Å². The highest BCUT2D eigenvalue weighted by Crippen LogP contribution is 2.19. The number of pyridine rings is 1. The standard InChI is InChI=1S/C22H28N6O/c1-5-27(6-2)19-11-9-17(10-12-19)14-24-22-25-20(18-8-7-13-23-15-18)26-28(22)21(29)16(3)4/h7-13,15-16H,5-6,14H2,1-4H3,(H,24,25,26). The summed E-state index contributed by atoms with van der Waals surface area (Å²) in [5.74, 6) is 0.626. The van der Waals surface area contributed by atoms with Crippen molar-refractivity contribution in [3.8, 4) is 11.4 Å². The van der Waals surface area contributed by atoms with E-state index in [9.17, 15) is 4.79 Å². The Labute approximate surface area is 171 Å². The van der Waals surface area contributed by atoms with Gasteiger partial charge in [0.2, 0.25) is 5.95 Å². The molecule has 0 bridgehead atoms. The minimum atomic E-state index is -0.188. The molecule has 0 atom stereocenters. The van der Waals surface area contributed by atoms with Crippen molar-refractivity contribution >= 4 is 17.5 Å². The van der Waals surface area contributed by atoms with Crippen LogP contribution in [0.5, 0.6) is 0 Å². The number of aromatic nitrogens is 4. The Morgan fingerprint density at radius 1 is 1.14 bits per heavy atom. The normalized spacial score (nSPS) is 10.9. The van der Waals surface area contributed by atoms with Crippen LogP contribution in [-0.4, -0.2) is 38.7 Å². The van der Waals surface area contributed by atoms with E-state index < -0.39 is 0 Å². The second-order valence-corrected chi connectivity index (χ2v) is 7.10. The van der Waals surface area contributed by atoms with Crippen LogP contribution in [-0.2, 0) is 6.54 Å². The predicted octanol–water partition coefficient (Wildman–Crippen LogP) is 4.09. The van der Waals surface area contributed by atoms with Gasteiger partial charge < -0.3 is 10.2 Å². The molecule has 29 heavy (non-hydrogen) atoms. The summed E-state index contributed by atoms with van der Waals surface area (Å²) >= 11 is 0. The maximum atomic E-state index is 12.6. The molecule has 7 nitrogen and oxygen atoms in total. The topological polar surface area (TPSA) is 75.9 Å². The Morgan fingerprint density at radius 3 is 2.45 bits per heavy atom. The van der Waals surface area contributed by atoms with Crippen molar-refractivity contribution in [2.75, 3.05) is 23.3 Å². The first-order chi connectivity index (χ1) is 14.0. The van der Waals surface area contributed by atoms with Crippen LogP contribution in [0, 0.1) is 5.92 Å². The molecule has 0 aliphatic rings. The SMILES string of the molecule is CCN(CC)c1ccc(CNc2nc(-c3cccnc3)nn2C(=O)C(C)C)cc1. The van der Waals surface area contributed by atoms with Gasteiger partial charge in [-0.2, -0.15) is 9.67 Å². The molecular weight excluding hydrogens is 364 g/mol. The van der Waals surface area contributed by atoms with Crippen LogP contribution < -0.4 is 10.2 Å². The van der Waals surface area contributed by atoms with E-state index in [-0.39, 0.29) is 11.8 Å². The smallest absolute Gasteiger partial charge is 0.252 e. The van der Waals surface area contributed by atoms with E-state index in [1.807, 2.05) is 26.0 Å². The molecule has 0 amide bonds.